The highest BCUT2D eigenvalue weighted by Crippen LogP contribution is 2.44. The number of ether oxygens (including phenoxy) is 1. The van der Waals surface area contributed by atoms with Crippen LogP contribution in [-0.4, -0.2) is 52.3 Å². The van der Waals surface area contributed by atoms with Gasteiger partial charge < -0.3 is 24.6 Å². The van der Waals surface area contributed by atoms with E-state index < -0.39 is 12.1 Å². The summed E-state index contributed by atoms with van der Waals surface area (Å²) in [6, 6.07) is 17.3. The number of fused-ring (bicyclic) bond motifs is 3. The Bertz CT molecular complexity index is 1220. The number of aliphatic carboxylic acids is 1. The topological polar surface area (TPSA) is 122 Å². The fraction of sp³-hybridized carbons (Fsp3) is 0.308. The summed E-state index contributed by atoms with van der Waals surface area (Å²) in [4.78, 5) is 37.7. The molecular weight excluding hydrogens is 450 g/mol. The molecule has 2 N–H and O–H groups in total. The standard InChI is InChI=1S/C26H25N3O6/c30-24(31)12-16-6-5-11-29(16)25(32)23-13-17(35-28-23)14-27-26(33)34-15-22-20-9-3-1-7-18(20)19-8-2-4-10-21(19)22/h1-4,7-10,13,16,22H,5-6,11-12,14-15H2,(H,27,33)(H,30,31)/t16-/m1/s1. The van der Waals surface area contributed by atoms with Gasteiger partial charge >= 0.3 is 12.1 Å². The molecular formula is C26H25N3O6. The van der Waals surface area contributed by atoms with E-state index in [1.54, 1.807) is 0 Å². The Morgan fingerprint density at radius 1 is 1.09 bits per heavy atom. The lowest BCUT2D eigenvalue weighted by molar-refractivity contribution is -0.137. The summed E-state index contributed by atoms with van der Waals surface area (Å²) in [6.07, 6.45) is 0.695. The fourth-order valence-corrected chi connectivity index (χ4v) is 4.97. The number of carbonyl (C=O) groups is 3. The average molecular weight is 476 g/mol. The van der Waals surface area contributed by atoms with Crippen LogP contribution in [0.25, 0.3) is 11.1 Å². The first-order valence-electron chi connectivity index (χ1n) is 11.6. The van der Waals surface area contributed by atoms with Crippen molar-refractivity contribution in [3.63, 3.8) is 0 Å². The van der Waals surface area contributed by atoms with E-state index >= 15 is 0 Å². The number of likely N-dealkylation sites (tertiary alicyclic amines) is 1. The van der Waals surface area contributed by atoms with Crippen molar-refractivity contribution >= 4 is 18.0 Å². The molecule has 1 atom stereocenters. The van der Waals surface area contributed by atoms with Gasteiger partial charge in [0.25, 0.3) is 5.91 Å². The molecule has 1 saturated heterocycles. The van der Waals surface area contributed by atoms with Gasteiger partial charge in [-0.2, -0.15) is 0 Å². The first-order chi connectivity index (χ1) is 17.0. The van der Waals surface area contributed by atoms with Crippen molar-refractivity contribution in [2.75, 3.05) is 13.2 Å². The van der Waals surface area contributed by atoms with Crippen molar-refractivity contribution < 1.29 is 28.8 Å². The summed E-state index contributed by atoms with van der Waals surface area (Å²) in [6.45, 7) is 0.687. The van der Waals surface area contributed by atoms with Crippen molar-refractivity contribution in [2.24, 2.45) is 0 Å². The van der Waals surface area contributed by atoms with Gasteiger partial charge in [0, 0.05) is 24.6 Å². The van der Waals surface area contributed by atoms with E-state index in [0.29, 0.717) is 18.7 Å². The van der Waals surface area contributed by atoms with Crippen molar-refractivity contribution in [1.82, 2.24) is 15.4 Å². The Balaban J connectivity index is 1.16. The largest absolute Gasteiger partial charge is 0.481 e. The number of carboxylic acids is 1. The zero-order valence-corrected chi connectivity index (χ0v) is 19.0. The molecule has 9 nitrogen and oxygen atoms in total. The van der Waals surface area contributed by atoms with Crippen LogP contribution in [0, 0.1) is 0 Å². The Hall–Kier alpha value is -4.14. The zero-order chi connectivity index (χ0) is 24.4. The lowest BCUT2D eigenvalue weighted by Gasteiger charge is -2.22. The first-order valence-corrected chi connectivity index (χ1v) is 11.6. The van der Waals surface area contributed by atoms with Gasteiger partial charge in [-0.3, -0.25) is 9.59 Å². The maximum absolute atomic E-state index is 12.7. The van der Waals surface area contributed by atoms with E-state index in [0.717, 1.165) is 28.7 Å². The van der Waals surface area contributed by atoms with Crippen LogP contribution >= 0.6 is 0 Å². The summed E-state index contributed by atoms with van der Waals surface area (Å²) in [5.74, 6) is -1.05. The van der Waals surface area contributed by atoms with E-state index in [2.05, 4.69) is 34.7 Å². The summed E-state index contributed by atoms with van der Waals surface area (Å²) in [7, 11) is 0. The number of benzene rings is 2. The molecule has 1 aliphatic carbocycles. The van der Waals surface area contributed by atoms with Gasteiger partial charge in [0.15, 0.2) is 11.5 Å². The summed E-state index contributed by atoms with van der Waals surface area (Å²) in [5.41, 5.74) is 4.65. The normalized spacial score (nSPS) is 16.6. The highest BCUT2D eigenvalue weighted by molar-refractivity contribution is 5.93. The quantitative estimate of drug-likeness (QED) is 0.533. The van der Waals surface area contributed by atoms with Crippen LogP contribution < -0.4 is 5.32 Å². The third-order valence-electron chi connectivity index (χ3n) is 6.58. The Labute approximate surface area is 201 Å². The van der Waals surface area contributed by atoms with E-state index in [-0.39, 0.29) is 43.1 Å². The third kappa shape index (κ3) is 4.62. The van der Waals surface area contributed by atoms with Crippen LogP contribution in [0.2, 0.25) is 0 Å². The second-order valence-electron chi connectivity index (χ2n) is 8.75. The second kappa shape index (κ2) is 9.61. The smallest absolute Gasteiger partial charge is 0.407 e. The molecule has 1 fully saturated rings. The van der Waals surface area contributed by atoms with Gasteiger partial charge in [0.1, 0.15) is 6.61 Å². The molecule has 2 heterocycles. The minimum atomic E-state index is -0.942. The molecule has 0 radical (unpaired) electrons. The van der Waals surface area contributed by atoms with Crippen LogP contribution in [0.5, 0.6) is 0 Å². The number of amides is 2. The lowest BCUT2D eigenvalue weighted by atomic mass is 9.98. The van der Waals surface area contributed by atoms with Crippen molar-refractivity contribution in [1.29, 1.82) is 0 Å². The van der Waals surface area contributed by atoms with Crippen molar-refractivity contribution in [3.8, 4) is 11.1 Å². The molecule has 0 saturated carbocycles. The van der Waals surface area contributed by atoms with Crippen LogP contribution in [0.4, 0.5) is 4.79 Å². The van der Waals surface area contributed by atoms with Gasteiger partial charge in [-0.1, -0.05) is 53.7 Å². The molecule has 2 aromatic carbocycles. The number of aromatic nitrogens is 1. The first kappa shape index (κ1) is 22.6. The van der Waals surface area contributed by atoms with E-state index in [1.807, 2.05) is 24.3 Å². The molecule has 1 aliphatic heterocycles. The maximum Gasteiger partial charge on any atom is 0.407 e. The van der Waals surface area contributed by atoms with E-state index in [1.165, 1.54) is 11.0 Å². The fourth-order valence-electron chi connectivity index (χ4n) is 4.97. The predicted molar refractivity (Wildman–Crippen MR) is 125 cm³/mol. The van der Waals surface area contributed by atoms with Crippen molar-refractivity contribution in [2.45, 2.75) is 37.8 Å². The molecule has 1 aromatic heterocycles. The SMILES string of the molecule is O=C(O)C[C@H]1CCCN1C(=O)c1cc(CNC(=O)OCC2c3ccccc3-c3ccccc32)on1. The Morgan fingerprint density at radius 2 is 1.77 bits per heavy atom. The average Bonchev–Trinajstić information content (AvgIpc) is 3.59. The number of nitrogens with zero attached hydrogens (tertiary/aromatic N) is 2. The molecule has 35 heavy (non-hydrogen) atoms. The number of hydrogen-bond acceptors (Lipinski definition) is 6. The number of alkyl carbamates (subject to hydrolysis) is 1. The number of carbonyl (C=O) groups excluding carboxylic acids is 2. The summed E-state index contributed by atoms with van der Waals surface area (Å²) >= 11 is 0. The predicted octanol–water partition coefficient (Wildman–Crippen LogP) is 3.79. The number of carboxylic acid groups (broad SMARTS) is 1. The molecule has 180 valence electrons. The maximum atomic E-state index is 12.7. The molecule has 0 spiro atoms. The van der Waals surface area contributed by atoms with Gasteiger partial charge in [-0.25, -0.2) is 4.79 Å². The third-order valence-corrected chi connectivity index (χ3v) is 6.58. The summed E-state index contributed by atoms with van der Waals surface area (Å²) in [5, 5.41) is 15.5. The molecule has 0 bridgehead atoms. The zero-order valence-electron chi connectivity index (χ0n) is 19.0. The second-order valence-corrected chi connectivity index (χ2v) is 8.75. The highest BCUT2D eigenvalue weighted by atomic mass is 16.5. The highest BCUT2D eigenvalue weighted by Gasteiger charge is 2.33. The van der Waals surface area contributed by atoms with Gasteiger partial charge in [-0.15, -0.1) is 0 Å². The van der Waals surface area contributed by atoms with Crippen LogP contribution in [-0.2, 0) is 16.1 Å². The van der Waals surface area contributed by atoms with Crippen molar-refractivity contribution in [3.05, 3.63) is 77.2 Å². The van der Waals surface area contributed by atoms with Crippen LogP contribution in [0.3, 0.4) is 0 Å². The Kier molecular flexibility index (Phi) is 6.22. The minimum absolute atomic E-state index is 0.00943. The molecule has 2 aliphatic rings. The van der Waals surface area contributed by atoms with Gasteiger partial charge in [-0.05, 0) is 35.1 Å². The molecule has 9 heteroatoms. The van der Waals surface area contributed by atoms with Gasteiger partial charge in [0.2, 0.25) is 0 Å². The van der Waals surface area contributed by atoms with E-state index in [9.17, 15) is 14.4 Å². The minimum Gasteiger partial charge on any atom is -0.481 e. The lowest BCUT2D eigenvalue weighted by Crippen LogP contribution is -2.37. The summed E-state index contributed by atoms with van der Waals surface area (Å²) < 4.78 is 10.7. The molecule has 3 aromatic rings. The van der Waals surface area contributed by atoms with Crippen LogP contribution in [0.15, 0.2) is 59.1 Å². The monoisotopic (exact) mass is 475 g/mol. The Morgan fingerprint density at radius 3 is 2.46 bits per heavy atom. The van der Waals surface area contributed by atoms with Crippen LogP contribution in [0.1, 0.15) is 52.6 Å². The van der Waals surface area contributed by atoms with E-state index in [4.69, 9.17) is 14.4 Å². The number of nitrogens with one attached hydrogen (secondary N) is 1. The number of rotatable bonds is 7. The molecule has 5 rings (SSSR count). The molecule has 0 unspecified atom stereocenters. The molecule has 2 amide bonds. The van der Waals surface area contributed by atoms with Gasteiger partial charge in [0.05, 0.1) is 13.0 Å². The number of hydrogen-bond donors (Lipinski definition) is 2.